The number of phenolic OH excluding ortho intramolecular Hbond substituents is 2. The van der Waals surface area contributed by atoms with Crippen molar-refractivity contribution in [1.82, 2.24) is 89.7 Å². The van der Waals surface area contributed by atoms with Gasteiger partial charge in [0, 0.05) is 51.5 Å². The van der Waals surface area contributed by atoms with Gasteiger partial charge in [-0.05, 0) is 161 Å². The predicted molar refractivity (Wildman–Crippen MR) is 484 cm³/mol. The summed E-state index contributed by atoms with van der Waals surface area (Å²) in [6.45, 7) is 11.8. The first-order valence-electron chi connectivity index (χ1n) is 44.1. The van der Waals surface area contributed by atoms with Gasteiger partial charge in [-0.25, -0.2) is 4.98 Å². The van der Waals surface area contributed by atoms with Gasteiger partial charge in [0.15, 0.2) is 17.9 Å². The van der Waals surface area contributed by atoms with Gasteiger partial charge in [0.05, 0.1) is 30.6 Å². The van der Waals surface area contributed by atoms with E-state index in [1.165, 1.54) is 72.2 Å². The van der Waals surface area contributed by atoms with E-state index in [2.05, 4.69) is 114 Å². The Hall–Kier alpha value is -13.2. The molecule has 0 aliphatic heterocycles. The summed E-state index contributed by atoms with van der Waals surface area (Å²) < 4.78 is 0. The highest BCUT2D eigenvalue weighted by Gasteiger charge is 2.40. The largest absolute Gasteiger partial charge is 0.508 e. The van der Waals surface area contributed by atoms with Gasteiger partial charge in [0.1, 0.15) is 78.0 Å². The number of H-pyrrole nitrogens is 1. The number of aromatic hydroxyl groups is 2. The minimum atomic E-state index is -1.93. The number of primary amides is 3. The Morgan fingerprint density at radius 2 is 0.838 bits per heavy atom. The number of unbranched alkanes of at least 4 members (excludes halogenated alkanes) is 1. The number of nitrogens with two attached hydrogens (primary N) is 6. The maximum absolute atomic E-state index is 15.1. The van der Waals surface area contributed by atoms with Gasteiger partial charge in [0.2, 0.25) is 82.7 Å². The number of imidazole rings is 1. The Balaban J connectivity index is 1.36. The molecule has 5 rings (SSSR count). The molecule has 1 heterocycles. The number of rotatable bonds is 59. The molecule has 14 amide bonds. The first-order valence-corrected chi connectivity index (χ1v) is 44.1. The Kier molecular flexibility index (Phi) is 45.8. The lowest BCUT2D eigenvalue weighted by atomic mass is 9.81. The molecule has 1 aliphatic carbocycles. The van der Waals surface area contributed by atoms with Crippen molar-refractivity contribution >= 4 is 101 Å². The van der Waals surface area contributed by atoms with E-state index in [1.807, 2.05) is 0 Å². The summed E-state index contributed by atoms with van der Waals surface area (Å²) >= 11 is 0. The zero-order valence-corrected chi connectivity index (χ0v) is 75.0. The molecule has 1 aliphatic rings. The predicted octanol–water partition coefficient (Wildman–Crippen LogP) is -2.95. The number of aliphatic hydroxyl groups is 1. The molecule has 43 nitrogen and oxygen atoms in total. The Labute approximate surface area is 756 Å². The molecule has 0 spiro atoms. The van der Waals surface area contributed by atoms with Crippen LogP contribution in [0.4, 0.5) is 0 Å². The average molecular weight is 1820 g/mol. The van der Waals surface area contributed by atoms with Crippen LogP contribution in [-0.2, 0) is 99.2 Å². The van der Waals surface area contributed by atoms with Crippen LogP contribution in [0.1, 0.15) is 179 Å². The van der Waals surface area contributed by atoms with E-state index >= 15 is 4.79 Å². The van der Waals surface area contributed by atoms with E-state index < -0.39 is 210 Å². The number of aromatic nitrogens is 2. The summed E-state index contributed by atoms with van der Waals surface area (Å²) in [5.41, 5.74) is 37.5. The number of hydrogen-bond donors (Lipinski definition) is 28. The van der Waals surface area contributed by atoms with Crippen molar-refractivity contribution in [2.75, 3.05) is 26.2 Å². The second-order valence-corrected chi connectivity index (χ2v) is 33.5. The monoisotopic (exact) mass is 1820 g/mol. The summed E-state index contributed by atoms with van der Waals surface area (Å²) in [4.78, 5) is 207. The maximum atomic E-state index is 15.1. The molecule has 16 atom stereocenters. The van der Waals surface area contributed by atoms with E-state index in [9.17, 15) is 77.6 Å². The van der Waals surface area contributed by atoms with Crippen molar-refractivity contribution in [1.29, 1.82) is 16.2 Å². The van der Waals surface area contributed by atoms with Gasteiger partial charge in [-0.3, -0.25) is 83.4 Å². The highest BCUT2D eigenvalue weighted by Crippen LogP contribution is 2.29. The molecule has 34 N–H and O–H groups in total. The molecule has 0 saturated carbocycles. The first kappa shape index (κ1) is 107. The fraction of sp³-hybridized carbons (Fsp3) is 0.563. The molecule has 4 aromatic rings. The molecule has 130 heavy (non-hydrogen) atoms. The van der Waals surface area contributed by atoms with Gasteiger partial charge < -0.3 is 134 Å². The van der Waals surface area contributed by atoms with Gasteiger partial charge >= 0.3 is 0 Å². The molecule has 0 fully saturated rings. The van der Waals surface area contributed by atoms with E-state index in [4.69, 9.17) is 50.6 Å². The van der Waals surface area contributed by atoms with Gasteiger partial charge in [-0.2, -0.15) is 0 Å². The van der Waals surface area contributed by atoms with Gasteiger partial charge in [0.25, 0.3) is 0 Å². The normalized spacial score (nSPS) is 15.7. The number of aryl methyl sites for hydroxylation is 1. The number of phenols is 2. The average Bonchev–Trinajstić information content (AvgIpc) is 1.02. The van der Waals surface area contributed by atoms with Crippen LogP contribution in [0.2, 0.25) is 0 Å². The number of fused-ring (bicyclic) bond motifs is 1. The molecular weight excluding hydrogens is 1680 g/mol. The Bertz CT molecular complexity index is 4420. The number of carbonyl (C=O) groups excluding carboxylic acids is 14. The first-order chi connectivity index (χ1) is 61.6. The minimum absolute atomic E-state index is 0.0244. The van der Waals surface area contributed by atoms with Crippen LogP contribution in [0.25, 0.3) is 0 Å². The quantitative estimate of drug-likeness (QED) is 0.0119. The van der Waals surface area contributed by atoms with E-state index in [0.717, 1.165) is 45.4 Å². The number of carbonyl (C=O) groups is 14. The summed E-state index contributed by atoms with van der Waals surface area (Å²) in [5.74, 6) is -16.4. The fourth-order valence-electron chi connectivity index (χ4n) is 14.7. The van der Waals surface area contributed by atoms with Crippen molar-refractivity contribution in [2.45, 2.75) is 262 Å². The van der Waals surface area contributed by atoms with Crippen molar-refractivity contribution in [3.05, 3.63) is 113 Å². The molecule has 43 heteroatoms. The second kappa shape index (κ2) is 55.5. The van der Waals surface area contributed by atoms with Crippen molar-refractivity contribution < 1.29 is 82.4 Å². The van der Waals surface area contributed by atoms with Crippen LogP contribution >= 0.6 is 0 Å². The summed E-state index contributed by atoms with van der Waals surface area (Å²) in [6, 6.07) is 1.55. The van der Waals surface area contributed by atoms with Crippen LogP contribution in [0.15, 0.2) is 85.3 Å². The third-order valence-electron chi connectivity index (χ3n) is 22.4. The Morgan fingerprint density at radius 1 is 0.438 bits per heavy atom. The summed E-state index contributed by atoms with van der Waals surface area (Å²) in [7, 11) is 0. The SMILES string of the molecule is CC[C@H](C)[C@H](NC(=O)[C@H](Cc1ccc(O)cc1)NC(=O)[C@H](Cc1c[nH]cn1)NC(=O)[C@H](CCCNC(=N)N)NCCCCC1CCc2ccccc2C1)C(=O)N[C@@H](CC(N)=O)C(=O)N[C@@H](CC(C)C)C(=O)N[C@H](C(=O)N[C@H](C(=O)N[C@@H](CCCNC(=N)N)C(=O)N[C@@H](CCC(N)=O)C(=O)N[C@@H](CCCNC(=N)N)C(=O)N[C@@H](Cc1ccc(O)cc1)C(N)=O)[C@@H](C)O)[C@@H](C)CC. The number of aromatic amines is 1. The molecule has 1 aromatic heterocycles. The lowest BCUT2D eigenvalue weighted by Gasteiger charge is -2.31. The standard InChI is InChI=1S/C87H136N26O17/c1-8-48(5)70(111-81(127)65(42-53-26-31-58(116)32-27-53)108-78(124)66(43-56-45-97-46-102-56)109-74(120)59(20-14-36-99-85(91)92)98-35-13-12-17-51-23-28-54-18-10-11-19-55(54)40-51)82(128)110-67(44-69(89)118)79(125)107-64(39-47(3)4)80(126)112-71(49(6)9-2)83(129)113-72(50(7)114)84(130)105-61(22-16-38-101-87(95)96)75(121)104-62(33-34-68(88)117)77(123)103-60(21-15-37-100-86(93)94)76(122)106-63(73(90)119)41-52-24-29-57(115)30-25-52/h10-11,18-19,24-27,29-32,45-51,59-67,70-72,98,114-116H,8-9,12-17,20-23,28,33-44H2,1-7H3,(H2,88,117)(H2,89,118)(H2,90,119)(H,97,102)(H,103,123)(H,104,121)(H,105,130)(H,106,122)(H,107,125)(H,108,124)(H,109,120)(H,110,128)(H,111,127)(H,112,126)(H,113,129)(H4,91,92,99)(H4,93,94,100)(H4,95,96,101)/t48-,49-,50+,51?,59-,60-,61-,62-,63-,64-,65-,66-,67-,70-,71-,72-/m0/s1. The maximum Gasteiger partial charge on any atom is 0.245 e. The second-order valence-electron chi connectivity index (χ2n) is 33.5. The Morgan fingerprint density at radius 3 is 1.31 bits per heavy atom. The molecule has 0 saturated heterocycles. The highest BCUT2D eigenvalue weighted by molar-refractivity contribution is 6.01. The number of aliphatic hydroxyl groups excluding tert-OH is 1. The van der Waals surface area contributed by atoms with Crippen LogP contribution in [-0.4, -0.2) is 231 Å². The van der Waals surface area contributed by atoms with E-state index in [-0.39, 0.29) is 108 Å². The van der Waals surface area contributed by atoms with Crippen LogP contribution in [0, 0.1) is 39.9 Å². The van der Waals surface area contributed by atoms with Crippen LogP contribution < -0.4 is 114 Å². The molecule has 1 unspecified atom stereocenters. The number of hydrogen-bond acceptors (Lipinski definition) is 22. The molecule has 716 valence electrons. The summed E-state index contributed by atoms with van der Waals surface area (Å²) in [5, 5.41) is 94.2. The molecule has 0 radical (unpaired) electrons. The topological polar surface area (TPSA) is 736 Å². The number of nitrogens with zero attached hydrogens (tertiary/aromatic N) is 1. The van der Waals surface area contributed by atoms with Crippen molar-refractivity contribution in [2.24, 2.45) is 58.1 Å². The van der Waals surface area contributed by atoms with Gasteiger partial charge in [-0.15, -0.1) is 0 Å². The van der Waals surface area contributed by atoms with Crippen LogP contribution in [0.3, 0.4) is 0 Å². The van der Waals surface area contributed by atoms with Crippen molar-refractivity contribution in [3.63, 3.8) is 0 Å². The molecule has 0 bridgehead atoms. The van der Waals surface area contributed by atoms with Gasteiger partial charge in [-0.1, -0.05) is 116 Å². The van der Waals surface area contributed by atoms with Crippen molar-refractivity contribution in [3.8, 4) is 11.5 Å². The van der Waals surface area contributed by atoms with E-state index in [1.54, 1.807) is 41.5 Å². The smallest absolute Gasteiger partial charge is 0.245 e. The van der Waals surface area contributed by atoms with E-state index in [0.29, 0.717) is 35.7 Å². The number of amides is 14. The third-order valence-corrected chi connectivity index (χ3v) is 22.4. The fourth-order valence-corrected chi connectivity index (χ4v) is 14.7. The van der Waals surface area contributed by atoms with Crippen LogP contribution in [0.5, 0.6) is 11.5 Å². The zero-order valence-electron chi connectivity index (χ0n) is 75.0. The third kappa shape index (κ3) is 38.8. The highest BCUT2D eigenvalue weighted by atomic mass is 16.3. The lowest BCUT2D eigenvalue weighted by Crippen LogP contribution is -2.63. The molecule has 3 aromatic carbocycles. The number of guanidine groups is 3. The zero-order chi connectivity index (χ0) is 96.3. The molecular formula is C87H136N26O17. The minimum Gasteiger partial charge on any atom is -0.508 e. The lowest BCUT2D eigenvalue weighted by molar-refractivity contribution is -0.138. The number of nitrogens with one attached hydrogen (secondary N) is 19. The summed E-state index contributed by atoms with van der Waals surface area (Å²) in [6.07, 6.45) is 4.98. The number of benzene rings is 3.